The summed E-state index contributed by atoms with van der Waals surface area (Å²) in [6.07, 6.45) is -3.49. The van der Waals surface area contributed by atoms with Crippen molar-refractivity contribution in [3.63, 3.8) is 0 Å². The highest BCUT2D eigenvalue weighted by atomic mass is 19.4. The molecule has 1 aliphatic rings. The van der Waals surface area contributed by atoms with Crippen molar-refractivity contribution >= 4 is 11.8 Å². The summed E-state index contributed by atoms with van der Waals surface area (Å²) in [6, 6.07) is 15.6. The van der Waals surface area contributed by atoms with Gasteiger partial charge in [0.15, 0.2) is 5.78 Å². The minimum atomic E-state index is -4.42. The molecule has 2 aromatic carbocycles. The van der Waals surface area contributed by atoms with Gasteiger partial charge in [-0.3, -0.25) is 14.6 Å². The van der Waals surface area contributed by atoms with Crippen molar-refractivity contribution in [2.75, 3.05) is 26.9 Å². The van der Waals surface area contributed by atoms with E-state index in [4.69, 9.17) is 19.9 Å². The molecule has 12 heteroatoms. The summed E-state index contributed by atoms with van der Waals surface area (Å²) in [6.45, 7) is 0.426. The van der Waals surface area contributed by atoms with E-state index in [-0.39, 0.29) is 44.0 Å². The summed E-state index contributed by atoms with van der Waals surface area (Å²) < 4.78 is 67.9. The maximum Gasteiger partial charge on any atom is 0.389 e. The second-order valence-corrected chi connectivity index (χ2v) is 11.0. The lowest BCUT2D eigenvalue weighted by molar-refractivity contribution is -0.158. The quantitative estimate of drug-likeness (QED) is 0.195. The van der Waals surface area contributed by atoms with Gasteiger partial charge in [-0.25, -0.2) is 4.39 Å². The lowest BCUT2D eigenvalue weighted by Gasteiger charge is -2.30. The zero-order chi connectivity index (χ0) is 32.4. The SMILES string of the molecule is COc1ccc([C@@H](c2ccccc2)[C@H](N)C(=O)Cc2cncc(F)c2CC[C@@H]2CN[C@H](COC(=O)CCC(F)(F)F)CO2)cc1. The molecule has 0 spiro atoms. The molecular formula is C33H37F4N3O5. The highest BCUT2D eigenvalue weighted by molar-refractivity contribution is 5.87. The van der Waals surface area contributed by atoms with Crippen molar-refractivity contribution in [1.29, 1.82) is 0 Å². The minimum absolute atomic E-state index is 0.105. The Kier molecular flexibility index (Phi) is 12.0. The molecule has 0 aliphatic carbocycles. The van der Waals surface area contributed by atoms with Crippen LogP contribution in [0.5, 0.6) is 5.75 Å². The highest BCUT2D eigenvalue weighted by Gasteiger charge is 2.30. The third kappa shape index (κ3) is 10.1. The Hall–Kier alpha value is -3.87. The number of benzene rings is 2. The molecular weight excluding hydrogens is 594 g/mol. The van der Waals surface area contributed by atoms with Crippen LogP contribution in [0.2, 0.25) is 0 Å². The molecule has 1 aromatic heterocycles. The number of ether oxygens (including phenoxy) is 3. The highest BCUT2D eigenvalue weighted by Crippen LogP contribution is 2.30. The number of aromatic nitrogens is 1. The molecule has 0 unspecified atom stereocenters. The van der Waals surface area contributed by atoms with Crippen molar-refractivity contribution in [2.24, 2.45) is 5.73 Å². The summed E-state index contributed by atoms with van der Waals surface area (Å²) in [5, 5.41) is 3.15. The van der Waals surface area contributed by atoms with Crippen LogP contribution in [0.15, 0.2) is 67.0 Å². The average Bonchev–Trinajstić information content (AvgIpc) is 3.03. The Morgan fingerprint density at radius 2 is 1.80 bits per heavy atom. The molecule has 0 saturated carbocycles. The summed E-state index contributed by atoms with van der Waals surface area (Å²) in [5.41, 5.74) is 9.13. The molecule has 3 N–H and O–H groups in total. The second kappa shape index (κ2) is 15.9. The number of carbonyl (C=O) groups excluding carboxylic acids is 2. The van der Waals surface area contributed by atoms with Crippen molar-refractivity contribution in [1.82, 2.24) is 10.3 Å². The van der Waals surface area contributed by atoms with Gasteiger partial charge in [-0.1, -0.05) is 42.5 Å². The molecule has 8 nitrogen and oxygen atoms in total. The first-order chi connectivity index (χ1) is 21.5. The van der Waals surface area contributed by atoms with Crippen LogP contribution in [-0.4, -0.2) is 68.0 Å². The number of halogens is 4. The van der Waals surface area contributed by atoms with Crippen LogP contribution in [0.3, 0.4) is 0 Å². The largest absolute Gasteiger partial charge is 0.497 e. The van der Waals surface area contributed by atoms with E-state index in [0.29, 0.717) is 29.8 Å². The third-order valence-corrected chi connectivity index (χ3v) is 7.77. The number of hydrogen-bond donors (Lipinski definition) is 2. The number of Topliss-reactive ketones (excluding diaryl/α,β-unsaturated/α-hetero) is 1. The number of alkyl halides is 3. The number of morpholine rings is 1. The van der Waals surface area contributed by atoms with E-state index in [9.17, 15) is 27.2 Å². The third-order valence-electron chi connectivity index (χ3n) is 7.77. The number of pyridine rings is 1. The van der Waals surface area contributed by atoms with Gasteiger partial charge >= 0.3 is 12.1 Å². The molecule has 0 amide bonds. The first-order valence-corrected chi connectivity index (χ1v) is 14.7. The Morgan fingerprint density at radius 3 is 2.44 bits per heavy atom. The molecule has 2 heterocycles. The van der Waals surface area contributed by atoms with Crippen molar-refractivity contribution in [2.45, 2.75) is 62.4 Å². The van der Waals surface area contributed by atoms with Crippen LogP contribution in [0, 0.1) is 5.82 Å². The fourth-order valence-electron chi connectivity index (χ4n) is 5.28. The zero-order valence-corrected chi connectivity index (χ0v) is 24.9. The molecule has 4 atom stereocenters. The molecule has 45 heavy (non-hydrogen) atoms. The van der Waals surface area contributed by atoms with Gasteiger partial charge in [-0.15, -0.1) is 0 Å². The van der Waals surface area contributed by atoms with Crippen molar-refractivity contribution in [3.8, 4) is 5.75 Å². The number of esters is 1. The van der Waals surface area contributed by atoms with Crippen LogP contribution in [0.25, 0.3) is 0 Å². The number of nitrogens with one attached hydrogen (secondary N) is 1. The monoisotopic (exact) mass is 631 g/mol. The van der Waals surface area contributed by atoms with Gasteiger partial charge in [0.05, 0.1) is 50.9 Å². The molecule has 0 radical (unpaired) electrons. The summed E-state index contributed by atoms with van der Waals surface area (Å²) in [5.74, 6) is -1.48. The second-order valence-electron chi connectivity index (χ2n) is 11.0. The standard InChI is InChI=1S/C33H37F4N3O5/c1-43-25-9-7-22(8-10-25)31(21-5-3-2-4-6-21)32(38)29(41)15-23-16-39-18-28(34)27(23)12-11-26-17-40-24(19-44-26)20-45-30(42)13-14-33(35,36)37/h2-10,16,18,24,26,31-32,40H,11-15,17,19-20,38H2,1H3/t24-,26+,31+,32+/m0/s1. The number of rotatable bonds is 14. The smallest absolute Gasteiger partial charge is 0.389 e. The molecule has 242 valence electrons. The first-order valence-electron chi connectivity index (χ1n) is 14.7. The van der Waals surface area contributed by atoms with Crippen LogP contribution < -0.4 is 15.8 Å². The van der Waals surface area contributed by atoms with Gasteiger partial charge in [-0.2, -0.15) is 13.2 Å². The lowest BCUT2D eigenvalue weighted by Crippen LogP contribution is -2.49. The fourth-order valence-corrected chi connectivity index (χ4v) is 5.28. The number of nitrogens with zero attached hydrogens (tertiary/aromatic N) is 1. The van der Waals surface area contributed by atoms with Gasteiger partial charge in [0.1, 0.15) is 18.2 Å². The Labute approximate surface area is 259 Å². The van der Waals surface area contributed by atoms with Crippen LogP contribution in [0.4, 0.5) is 17.6 Å². The van der Waals surface area contributed by atoms with Gasteiger partial charge < -0.3 is 25.3 Å². The number of carbonyl (C=O) groups is 2. The maximum absolute atomic E-state index is 15.0. The van der Waals surface area contributed by atoms with Gasteiger partial charge in [0, 0.05) is 25.1 Å². The number of nitrogens with two attached hydrogens (primary N) is 1. The number of methoxy groups -OCH3 is 1. The predicted molar refractivity (Wildman–Crippen MR) is 158 cm³/mol. The van der Waals surface area contributed by atoms with Crippen LogP contribution in [-0.2, 0) is 31.9 Å². The van der Waals surface area contributed by atoms with Gasteiger partial charge in [-0.05, 0) is 47.2 Å². The molecule has 1 aliphatic heterocycles. The Morgan fingerprint density at radius 1 is 1.09 bits per heavy atom. The summed E-state index contributed by atoms with van der Waals surface area (Å²) >= 11 is 0. The maximum atomic E-state index is 15.0. The fraction of sp³-hybridized carbons (Fsp3) is 0.424. The number of ketones is 1. The van der Waals surface area contributed by atoms with E-state index in [1.807, 2.05) is 54.6 Å². The van der Waals surface area contributed by atoms with E-state index in [1.165, 1.54) is 6.20 Å². The van der Waals surface area contributed by atoms with Crippen LogP contribution >= 0.6 is 0 Å². The first kappa shape index (κ1) is 34.0. The van der Waals surface area contributed by atoms with Gasteiger partial charge in [0.2, 0.25) is 0 Å². The summed E-state index contributed by atoms with van der Waals surface area (Å²) in [4.78, 5) is 29.2. The Bertz CT molecular complexity index is 1400. The molecule has 4 rings (SSSR count). The van der Waals surface area contributed by atoms with Crippen molar-refractivity contribution < 1.29 is 41.4 Å². The topological polar surface area (TPSA) is 113 Å². The Balaban J connectivity index is 1.35. The molecule has 1 saturated heterocycles. The summed E-state index contributed by atoms with van der Waals surface area (Å²) in [7, 11) is 1.57. The van der Waals surface area contributed by atoms with Crippen LogP contribution in [0.1, 0.15) is 47.4 Å². The van der Waals surface area contributed by atoms with Gasteiger partial charge in [0.25, 0.3) is 0 Å². The van der Waals surface area contributed by atoms with E-state index in [0.717, 1.165) is 17.3 Å². The normalized spacial score (nSPS) is 18.2. The molecule has 0 bridgehead atoms. The number of hydrogen-bond acceptors (Lipinski definition) is 8. The molecule has 3 aromatic rings. The van der Waals surface area contributed by atoms with Crippen molar-refractivity contribution in [3.05, 3.63) is 95.1 Å². The zero-order valence-electron chi connectivity index (χ0n) is 24.9. The average molecular weight is 632 g/mol. The van der Waals surface area contributed by atoms with E-state index < -0.39 is 42.8 Å². The molecule has 1 fully saturated rings. The van der Waals surface area contributed by atoms with E-state index >= 15 is 0 Å². The lowest BCUT2D eigenvalue weighted by atomic mass is 9.82. The van der Waals surface area contributed by atoms with E-state index in [2.05, 4.69) is 10.3 Å². The predicted octanol–water partition coefficient (Wildman–Crippen LogP) is 4.68. The minimum Gasteiger partial charge on any atom is -0.497 e. The van der Waals surface area contributed by atoms with E-state index in [1.54, 1.807) is 7.11 Å².